The summed E-state index contributed by atoms with van der Waals surface area (Å²) in [5.74, 6) is -0.170. The fraction of sp³-hybridized carbons (Fsp3) is 0.333. The maximum absolute atomic E-state index is 13.6. The number of hydrogen-bond acceptors (Lipinski definition) is 5. The number of aromatic nitrogens is 4. The van der Waals surface area contributed by atoms with Crippen LogP contribution in [0.1, 0.15) is 48.3 Å². The molecule has 152 valence electrons. The number of halogens is 2. The minimum atomic E-state index is -0.659. The lowest BCUT2D eigenvalue weighted by molar-refractivity contribution is 0.0620. The highest BCUT2D eigenvalue weighted by molar-refractivity contribution is 5.32. The molecule has 1 aliphatic carbocycles. The van der Waals surface area contributed by atoms with E-state index in [1.165, 1.54) is 23.0 Å². The number of ether oxygens (including phenoxy) is 1. The van der Waals surface area contributed by atoms with Crippen LogP contribution in [0.4, 0.5) is 8.78 Å². The number of rotatable bonds is 4. The summed E-state index contributed by atoms with van der Waals surface area (Å²) in [6.45, 7) is 0. The van der Waals surface area contributed by atoms with Gasteiger partial charge in [0.25, 0.3) is 0 Å². The molecule has 0 spiro atoms. The third kappa shape index (κ3) is 3.14. The minimum Gasteiger partial charge on any atom is -0.489 e. The van der Waals surface area contributed by atoms with Crippen molar-refractivity contribution in [2.24, 2.45) is 0 Å². The van der Waals surface area contributed by atoms with Crippen molar-refractivity contribution >= 4 is 0 Å². The Bertz CT molecular complexity index is 1200. The normalized spacial score (nSPS) is 22.2. The van der Waals surface area contributed by atoms with Crippen molar-refractivity contribution in [1.29, 1.82) is 5.26 Å². The first-order valence-electron chi connectivity index (χ1n) is 9.69. The molecule has 0 saturated heterocycles. The average Bonchev–Trinajstić information content (AvgIpc) is 3.24. The summed E-state index contributed by atoms with van der Waals surface area (Å²) < 4.78 is 36.1. The molecule has 2 aliphatic rings. The van der Waals surface area contributed by atoms with E-state index in [4.69, 9.17) is 10.00 Å². The van der Waals surface area contributed by atoms with Crippen molar-refractivity contribution in [1.82, 2.24) is 19.3 Å². The van der Waals surface area contributed by atoms with Crippen molar-refractivity contribution < 1.29 is 13.5 Å². The number of fused-ring (bicyclic) bond motifs is 1. The standard InChI is InChI=1S/C21H17F2N5O2/c22-14-4-13(5-15(23)6-14)19-1-2-20-26-28(21(29)27(19)20)16-7-17(8-16)30-18-3-12(9-24)10-25-11-18/h3-6,10-11,16-17,19H,1-2,7-8H2/t16?,17?,19-/m0/s1. The predicted octanol–water partition coefficient (Wildman–Crippen LogP) is 2.91. The Hall–Kier alpha value is -3.54. The Labute approximate surface area is 170 Å². The third-order valence-electron chi connectivity index (χ3n) is 5.69. The molecule has 0 bridgehead atoms. The average molecular weight is 409 g/mol. The van der Waals surface area contributed by atoms with E-state index in [2.05, 4.69) is 10.1 Å². The Morgan fingerprint density at radius 2 is 1.90 bits per heavy atom. The van der Waals surface area contributed by atoms with Gasteiger partial charge in [-0.2, -0.15) is 10.4 Å². The molecular weight excluding hydrogens is 392 g/mol. The van der Waals surface area contributed by atoms with Crippen molar-refractivity contribution in [2.45, 2.75) is 43.9 Å². The lowest BCUT2D eigenvalue weighted by Crippen LogP contribution is -2.41. The number of benzene rings is 1. The molecule has 0 radical (unpaired) electrons. The van der Waals surface area contributed by atoms with Crippen LogP contribution in [0.2, 0.25) is 0 Å². The molecule has 1 atom stereocenters. The van der Waals surface area contributed by atoms with Gasteiger partial charge in [-0.15, -0.1) is 0 Å². The molecule has 1 fully saturated rings. The molecular formula is C21H17F2N5O2. The first-order chi connectivity index (χ1) is 14.5. The van der Waals surface area contributed by atoms with E-state index in [1.54, 1.807) is 16.8 Å². The molecule has 30 heavy (non-hydrogen) atoms. The summed E-state index contributed by atoms with van der Waals surface area (Å²) in [4.78, 5) is 17.0. The van der Waals surface area contributed by atoms with E-state index in [-0.39, 0.29) is 17.8 Å². The lowest BCUT2D eigenvalue weighted by atomic mass is 9.89. The van der Waals surface area contributed by atoms with Gasteiger partial charge < -0.3 is 4.74 Å². The van der Waals surface area contributed by atoms with Crippen LogP contribution in [0.15, 0.2) is 41.5 Å². The van der Waals surface area contributed by atoms with Gasteiger partial charge in [0.2, 0.25) is 0 Å². The maximum Gasteiger partial charge on any atom is 0.346 e. The second kappa shape index (κ2) is 7.06. The molecule has 1 saturated carbocycles. The second-order valence-electron chi connectivity index (χ2n) is 7.66. The lowest BCUT2D eigenvalue weighted by Gasteiger charge is -2.34. The topological polar surface area (TPSA) is 85.7 Å². The molecule has 0 N–H and O–H groups in total. The number of nitrogens with zero attached hydrogens (tertiary/aromatic N) is 5. The zero-order chi connectivity index (χ0) is 20.8. The molecule has 9 heteroatoms. The Balaban J connectivity index is 1.32. The molecule has 1 aliphatic heterocycles. The van der Waals surface area contributed by atoms with Crippen LogP contribution in [0.3, 0.4) is 0 Å². The van der Waals surface area contributed by atoms with Crippen molar-refractivity contribution in [2.75, 3.05) is 0 Å². The first-order valence-corrected chi connectivity index (χ1v) is 9.69. The molecule has 0 amide bonds. The highest BCUT2D eigenvalue weighted by atomic mass is 19.1. The highest BCUT2D eigenvalue weighted by Gasteiger charge is 2.37. The molecule has 3 heterocycles. The van der Waals surface area contributed by atoms with Gasteiger partial charge in [-0.05, 0) is 24.1 Å². The molecule has 3 aromatic rings. The highest BCUT2D eigenvalue weighted by Crippen LogP contribution is 2.36. The molecule has 5 rings (SSSR count). The Morgan fingerprint density at radius 3 is 2.63 bits per heavy atom. The number of aryl methyl sites for hydroxylation is 1. The molecule has 7 nitrogen and oxygen atoms in total. The van der Waals surface area contributed by atoms with Crippen LogP contribution in [-0.2, 0) is 6.42 Å². The van der Waals surface area contributed by atoms with Crippen LogP contribution in [0.5, 0.6) is 5.75 Å². The molecule has 1 aromatic carbocycles. The smallest absolute Gasteiger partial charge is 0.346 e. The predicted molar refractivity (Wildman–Crippen MR) is 101 cm³/mol. The van der Waals surface area contributed by atoms with Crippen LogP contribution in [0.25, 0.3) is 0 Å². The van der Waals surface area contributed by atoms with Crippen molar-refractivity contribution in [3.8, 4) is 11.8 Å². The summed E-state index contributed by atoms with van der Waals surface area (Å²) in [5, 5.41) is 13.4. The monoisotopic (exact) mass is 409 g/mol. The largest absolute Gasteiger partial charge is 0.489 e. The van der Waals surface area contributed by atoms with Gasteiger partial charge in [0.05, 0.1) is 23.8 Å². The number of nitriles is 1. The first kappa shape index (κ1) is 18.5. The fourth-order valence-electron chi connectivity index (χ4n) is 4.21. The SMILES string of the molecule is N#Cc1cncc(OC2CC(n3nc4n(c3=O)[C@H](c3cc(F)cc(F)c3)CC4)C2)c1. The van der Waals surface area contributed by atoms with E-state index < -0.39 is 17.7 Å². The van der Waals surface area contributed by atoms with Crippen LogP contribution < -0.4 is 10.4 Å². The van der Waals surface area contributed by atoms with Gasteiger partial charge in [-0.1, -0.05) is 0 Å². The van der Waals surface area contributed by atoms with Gasteiger partial charge in [0.1, 0.15) is 35.4 Å². The summed E-state index contributed by atoms with van der Waals surface area (Å²) in [6.07, 6.45) is 5.28. The van der Waals surface area contributed by atoms with E-state index in [1.807, 2.05) is 6.07 Å². The van der Waals surface area contributed by atoms with Gasteiger partial charge in [-0.3, -0.25) is 9.55 Å². The number of hydrogen-bond donors (Lipinski definition) is 0. The van der Waals surface area contributed by atoms with Crippen LogP contribution in [0, 0.1) is 23.0 Å². The summed E-state index contributed by atoms with van der Waals surface area (Å²) >= 11 is 0. The van der Waals surface area contributed by atoms with Crippen LogP contribution in [-0.4, -0.2) is 25.4 Å². The number of pyridine rings is 1. The van der Waals surface area contributed by atoms with Gasteiger partial charge in [0.15, 0.2) is 0 Å². The zero-order valence-electron chi connectivity index (χ0n) is 15.8. The Morgan fingerprint density at radius 1 is 1.13 bits per heavy atom. The summed E-state index contributed by atoms with van der Waals surface area (Å²) in [5.41, 5.74) is 0.589. The quantitative estimate of drug-likeness (QED) is 0.661. The van der Waals surface area contributed by atoms with E-state index in [0.29, 0.717) is 48.4 Å². The van der Waals surface area contributed by atoms with E-state index >= 15 is 0 Å². The molecule has 2 aromatic heterocycles. The van der Waals surface area contributed by atoms with Crippen molar-refractivity contribution in [3.05, 3.63) is 75.7 Å². The Kier molecular flexibility index (Phi) is 4.35. The minimum absolute atomic E-state index is 0.0951. The van der Waals surface area contributed by atoms with Crippen molar-refractivity contribution in [3.63, 3.8) is 0 Å². The van der Waals surface area contributed by atoms with Gasteiger partial charge in [-0.25, -0.2) is 18.3 Å². The van der Waals surface area contributed by atoms with Crippen LogP contribution >= 0.6 is 0 Å². The van der Waals surface area contributed by atoms with E-state index in [0.717, 1.165) is 6.07 Å². The summed E-state index contributed by atoms with van der Waals surface area (Å²) in [7, 11) is 0. The van der Waals surface area contributed by atoms with Gasteiger partial charge in [0, 0.05) is 37.6 Å². The van der Waals surface area contributed by atoms with E-state index in [9.17, 15) is 13.6 Å². The fourth-order valence-corrected chi connectivity index (χ4v) is 4.21. The maximum atomic E-state index is 13.6. The summed E-state index contributed by atoms with van der Waals surface area (Å²) in [6, 6.07) is 6.48. The van der Waals surface area contributed by atoms with Gasteiger partial charge >= 0.3 is 5.69 Å². The second-order valence-corrected chi connectivity index (χ2v) is 7.66. The zero-order valence-corrected chi connectivity index (χ0v) is 15.8. The molecule has 0 unspecified atom stereocenters. The third-order valence-corrected chi connectivity index (χ3v) is 5.69.